The Morgan fingerprint density at radius 1 is 1.26 bits per heavy atom. The van der Waals surface area contributed by atoms with E-state index < -0.39 is 5.97 Å². The van der Waals surface area contributed by atoms with Crippen LogP contribution in [0, 0.1) is 34.5 Å². The van der Waals surface area contributed by atoms with E-state index in [4.69, 9.17) is 0 Å². The SMILES string of the molecule is C[C@]12CC[C@H]3C(CC=C4NC(=O)C=C[C@@]43C)[C@@H]1CC[C@@H]2C(=O)O. The summed E-state index contributed by atoms with van der Waals surface area (Å²) in [6, 6.07) is 0. The lowest BCUT2D eigenvalue weighted by molar-refractivity contribution is -0.148. The van der Waals surface area contributed by atoms with Gasteiger partial charge >= 0.3 is 5.97 Å². The maximum absolute atomic E-state index is 11.7. The quantitative estimate of drug-likeness (QED) is 0.781. The first-order valence-electron chi connectivity index (χ1n) is 8.80. The van der Waals surface area contributed by atoms with Gasteiger partial charge in [-0.05, 0) is 55.3 Å². The van der Waals surface area contributed by atoms with E-state index >= 15 is 0 Å². The molecule has 4 heteroatoms. The van der Waals surface area contributed by atoms with Gasteiger partial charge in [0.1, 0.15) is 0 Å². The van der Waals surface area contributed by atoms with Crippen molar-refractivity contribution in [3.8, 4) is 0 Å². The molecule has 1 unspecified atom stereocenters. The van der Waals surface area contributed by atoms with Gasteiger partial charge in [0.25, 0.3) is 0 Å². The smallest absolute Gasteiger partial charge is 0.307 e. The van der Waals surface area contributed by atoms with Gasteiger partial charge in [0.05, 0.1) is 5.92 Å². The van der Waals surface area contributed by atoms with Gasteiger partial charge in [-0.15, -0.1) is 0 Å². The van der Waals surface area contributed by atoms with E-state index in [-0.39, 0.29) is 22.7 Å². The summed E-state index contributed by atoms with van der Waals surface area (Å²) in [6.45, 7) is 4.44. The van der Waals surface area contributed by atoms with Gasteiger partial charge in [0.15, 0.2) is 0 Å². The summed E-state index contributed by atoms with van der Waals surface area (Å²) in [5.41, 5.74) is 0.901. The Bertz CT molecular complexity index is 637. The molecule has 0 saturated heterocycles. The van der Waals surface area contributed by atoms with Crippen LogP contribution in [-0.2, 0) is 9.59 Å². The third kappa shape index (κ3) is 1.90. The number of amides is 1. The first-order valence-corrected chi connectivity index (χ1v) is 8.80. The summed E-state index contributed by atoms with van der Waals surface area (Å²) in [4.78, 5) is 23.3. The van der Waals surface area contributed by atoms with Crippen LogP contribution in [0.3, 0.4) is 0 Å². The predicted molar refractivity (Wildman–Crippen MR) is 86.3 cm³/mol. The number of aliphatic carboxylic acids is 1. The van der Waals surface area contributed by atoms with Gasteiger partial charge in [-0.2, -0.15) is 0 Å². The standard InChI is InChI=1S/C19H25NO3/c1-18-9-7-13-11(12(18)4-5-14(18)17(22)23)3-6-15-19(13,2)10-8-16(21)20-15/h6,8,10-14H,3-5,7,9H2,1-2H3,(H,20,21)(H,22,23)/t11?,12-,13-,14+,18-,19+/m0/s1. The van der Waals surface area contributed by atoms with Crippen LogP contribution in [0.25, 0.3) is 0 Å². The van der Waals surface area contributed by atoms with Gasteiger partial charge < -0.3 is 10.4 Å². The number of carboxylic acids is 1. The highest BCUT2D eigenvalue weighted by atomic mass is 16.4. The number of hydrogen-bond acceptors (Lipinski definition) is 2. The molecule has 124 valence electrons. The van der Waals surface area contributed by atoms with E-state index in [1.807, 2.05) is 0 Å². The van der Waals surface area contributed by atoms with Crippen LogP contribution in [-0.4, -0.2) is 17.0 Å². The zero-order chi connectivity index (χ0) is 16.4. The second-order valence-electron chi connectivity index (χ2n) is 8.35. The third-order valence-electron chi connectivity index (χ3n) is 7.52. The number of nitrogens with one attached hydrogen (secondary N) is 1. The lowest BCUT2D eigenvalue weighted by Crippen LogP contribution is -2.52. The predicted octanol–water partition coefficient (Wildman–Crippen LogP) is 3.11. The van der Waals surface area contributed by atoms with E-state index in [2.05, 4.69) is 31.3 Å². The Hall–Kier alpha value is -1.58. The van der Waals surface area contributed by atoms with E-state index in [1.165, 1.54) is 0 Å². The molecule has 0 spiro atoms. The first kappa shape index (κ1) is 15.0. The minimum Gasteiger partial charge on any atom is -0.481 e. The Morgan fingerprint density at radius 2 is 2.04 bits per heavy atom. The van der Waals surface area contributed by atoms with Crippen LogP contribution in [0.1, 0.15) is 46.0 Å². The molecule has 4 rings (SSSR count). The average molecular weight is 315 g/mol. The summed E-state index contributed by atoms with van der Waals surface area (Å²) < 4.78 is 0. The van der Waals surface area contributed by atoms with Crippen molar-refractivity contribution in [2.24, 2.45) is 34.5 Å². The van der Waals surface area contributed by atoms with Crippen molar-refractivity contribution in [2.45, 2.75) is 46.0 Å². The molecule has 0 bridgehead atoms. The number of carboxylic acid groups (broad SMARTS) is 1. The van der Waals surface area contributed by atoms with Crippen LogP contribution in [0.2, 0.25) is 0 Å². The van der Waals surface area contributed by atoms with Gasteiger partial charge in [0, 0.05) is 17.2 Å². The highest BCUT2D eigenvalue weighted by Gasteiger charge is 2.59. The molecule has 4 aliphatic rings. The minimum atomic E-state index is -0.614. The van der Waals surface area contributed by atoms with Crippen LogP contribution < -0.4 is 5.32 Å². The molecule has 2 fully saturated rings. The van der Waals surface area contributed by atoms with Crippen molar-refractivity contribution >= 4 is 11.9 Å². The molecule has 2 N–H and O–H groups in total. The van der Waals surface area contributed by atoms with E-state index in [1.54, 1.807) is 6.08 Å². The molecule has 6 atom stereocenters. The Kier molecular flexibility index (Phi) is 3.07. The lowest BCUT2D eigenvalue weighted by Gasteiger charge is -2.55. The van der Waals surface area contributed by atoms with Crippen LogP contribution >= 0.6 is 0 Å². The Morgan fingerprint density at radius 3 is 2.78 bits per heavy atom. The van der Waals surface area contributed by atoms with Gasteiger partial charge in [-0.3, -0.25) is 9.59 Å². The maximum Gasteiger partial charge on any atom is 0.307 e. The summed E-state index contributed by atoms with van der Waals surface area (Å²) in [5.74, 6) is 0.698. The lowest BCUT2D eigenvalue weighted by atomic mass is 9.50. The van der Waals surface area contributed by atoms with Crippen molar-refractivity contribution in [1.29, 1.82) is 0 Å². The zero-order valence-corrected chi connectivity index (χ0v) is 13.8. The van der Waals surface area contributed by atoms with Crippen molar-refractivity contribution in [3.63, 3.8) is 0 Å². The number of rotatable bonds is 1. The molecule has 3 aliphatic carbocycles. The van der Waals surface area contributed by atoms with E-state index in [0.717, 1.165) is 37.8 Å². The molecule has 2 saturated carbocycles. The number of carbonyl (C=O) groups is 2. The molecule has 0 radical (unpaired) electrons. The fourth-order valence-electron chi connectivity index (χ4n) is 6.26. The summed E-state index contributed by atoms with van der Waals surface area (Å²) >= 11 is 0. The van der Waals surface area contributed by atoms with Crippen molar-refractivity contribution in [2.75, 3.05) is 0 Å². The molecule has 1 amide bonds. The molecule has 0 aromatic carbocycles. The highest BCUT2D eigenvalue weighted by Crippen LogP contribution is 2.64. The maximum atomic E-state index is 11.7. The second-order valence-corrected chi connectivity index (χ2v) is 8.35. The summed E-state index contributed by atoms with van der Waals surface area (Å²) in [5, 5.41) is 12.6. The largest absolute Gasteiger partial charge is 0.481 e. The molecular formula is C19H25NO3. The molecule has 0 aromatic rings. The summed E-state index contributed by atoms with van der Waals surface area (Å²) in [7, 11) is 0. The number of carbonyl (C=O) groups excluding carboxylic acids is 1. The number of hydrogen-bond donors (Lipinski definition) is 2. The van der Waals surface area contributed by atoms with E-state index in [0.29, 0.717) is 17.8 Å². The Balaban J connectivity index is 1.70. The molecule has 23 heavy (non-hydrogen) atoms. The van der Waals surface area contributed by atoms with Gasteiger partial charge in [0.2, 0.25) is 5.91 Å². The van der Waals surface area contributed by atoms with Crippen molar-refractivity contribution in [1.82, 2.24) is 5.32 Å². The molecule has 0 aromatic heterocycles. The van der Waals surface area contributed by atoms with Gasteiger partial charge in [-0.1, -0.05) is 26.0 Å². The van der Waals surface area contributed by atoms with Crippen molar-refractivity contribution < 1.29 is 14.7 Å². The second kappa shape index (κ2) is 4.71. The van der Waals surface area contributed by atoms with Crippen LogP contribution in [0.4, 0.5) is 0 Å². The first-order chi connectivity index (χ1) is 10.9. The van der Waals surface area contributed by atoms with Crippen LogP contribution in [0.5, 0.6) is 0 Å². The fraction of sp³-hybridized carbons (Fsp3) is 0.684. The number of fused-ring (bicyclic) bond motifs is 5. The molecule has 1 heterocycles. The monoisotopic (exact) mass is 315 g/mol. The molecule has 4 nitrogen and oxygen atoms in total. The highest BCUT2D eigenvalue weighted by molar-refractivity contribution is 5.90. The zero-order valence-electron chi connectivity index (χ0n) is 13.8. The van der Waals surface area contributed by atoms with Crippen LogP contribution in [0.15, 0.2) is 23.9 Å². The molecule has 1 aliphatic heterocycles. The van der Waals surface area contributed by atoms with E-state index in [9.17, 15) is 14.7 Å². The minimum absolute atomic E-state index is 0.0281. The third-order valence-corrected chi connectivity index (χ3v) is 7.52. The van der Waals surface area contributed by atoms with Gasteiger partial charge in [-0.25, -0.2) is 0 Å². The fourth-order valence-corrected chi connectivity index (χ4v) is 6.26. The summed E-state index contributed by atoms with van der Waals surface area (Å²) in [6.07, 6.45) is 10.8. The van der Waals surface area contributed by atoms with Crippen molar-refractivity contribution in [3.05, 3.63) is 23.9 Å². The Labute approximate surface area is 137 Å². The normalized spacial score (nSPS) is 47.9. The average Bonchev–Trinajstić information content (AvgIpc) is 2.85. The number of allylic oxidation sites excluding steroid dienone is 2. The molecular weight excluding hydrogens is 290 g/mol. The topological polar surface area (TPSA) is 66.4 Å².